The highest BCUT2D eigenvalue weighted by atomic mass is 16.5. The van der Waals surface area contributed by atoms with Gasteiger partial charge >= 0.3 is 0 Å². The first-order valence-electron chi connectivity index (χ1n) is 4.12. The third-order valence-electron chi connectivity index (χ3n) is 1.67. The van der Waals surface area contributed by atoms with E-state index in [1.165, 1.54) is 0 Å². The second-order valence-corrected chi connectivity index (χ2v) is 2.68. The van der Waals surface area contributed by atoms with E-state index in [2.05, 4.69) is 17.2 Å². The molecule has 1 fully saturated rings. The van der Waals surface area contributed by atoms with Gasteiger partial charge in [0.05, 0.1) is 12.1 Å². The average molecular weight is 167 g/mol. The Morgan fingerprint density at radius 1 is 1.75 bits per heavy atom. The lowest BCUT2D eigenvalue weighted by Crippen LogP contribution is -2.26. The SMILES string of the molecule is CC#CC(=O)NC1CC1OCC. The third-order valence-corrected chi connectivity index (χ3v) is 1.67. The number of ether oxygens (including phenoxy) is 1. The van der Waals surface area contributed by atoms with Crippen molar-refractivity contribution < 1.29 is 9.53 Å². The fraction of sp³-hybridized carbons (Fsp3) is 0.667. The van der Waals surface area contributed by atoms with Crippen LogP contribution in [0.15, 0.2) is 0 Å². The predicted molar refractivity (Wildman–Crippen MR) is 45.4 cm³/mol. The summed E-state index contributed by atoms with van der Waals surface area (Å²) >= 11 is 0. The summed E-state index contributed by atoms with van der Waals surface area (Å²) in [5.74, 6) is 4.76. The average Bonchev–Trinajstić information content (AvgIpc) is 2.69. The van der Waals surface area contributed by atoms with E-state index < -0.39 is 0 Å². The van der Waals surface area contributed by atoms with E-state index >= 15 is 0 Å². The predicted octanol–water partition coefficient (Wildman–Crippen LogP) is 0.303. The van der Waals surface area contributed by atoms with Crippen molar-refractivity contribution in [1.29, 1.82) is 0 Å². The molecule has 1 N–H and O–H groups in total. The largest absolute Gasteiger partial charge is 0.376 e. The van der Waals surface area contributed by atoms with Crippen LogP contribution in [0.5, 0.6) is 0 Å². The molecular weight excluding hydrogens is 154 g/mol. The molecule has 0 aliphatic heterocycles. The standard InChI is InChI=1S/C9H13NO2/c1-3-5-9(11)10-7-6-8(7)12-4-2/h7-8H,4,6H2,1-2H3,(H,10,11). The molecular formula is C9H13NO2. The lowest BCUT2D eigenvalue weighted by atomic mass is 10.5. The quantitative estimate of drug-likeness (QED) is 0.614. The van der Waals surface area contributed by atoms with Crippen LogP contribution in [0.1, 0.15) is 20.3 Å². The van der Waals surface area contributed by atoms with E-state index in [9.17, 15) is 4.79 Å². The summed E-state index contributed by atoms with van der Waals surface area (Å²) in [6.45, 7) is 4.30. The van der Waals surface area contributed by atoms with Crippen molar-refractivity contribution in [1.82, 2.24) is 5.32 Å². The molecule has 66 valence electrons. The summed E-state index contributed by atoms with van der Waals surface area (Å²) in [6.07, 6.45) is 1.14. The minimum absolute atomic E-state index is 0.193. The van der Waals surface area contributed by atoms with Gasteiger partial charge in [-0.2, -0.15) is 0 Å². The molecule has 0 aromatic carbocycles. The molecule has 0 radical (unpaired) electrons. The summed E-state index contributed by atoms with van der Waals surface area (Å²) in [5.41, 5.74) is 0. The molecule has 3 heteroatoms. The summed E-state index contributed by atoms with van der Waals surface area (Å²) in [5, 5.41) is 2.75. The van der Waals surface area contributed by atoms with Gasteiger partial charge in [0.15, 0.2) is 0 Å². The van der Waals surface area contributed by atoms with Gasteiger partial charge in [-0.3, -0.25) is 4.79 Å². The van der Waals surface area contributed by atoms with Gasteiger partial charge in [-0.05, 0) is 26.2 Å². The Labute approximate surface area is 72.5 Å². The lowest BCUT2D eigenvalue weighted by Gasteiger charge is -1.99. The minimum Gasteiger partial charge on any atom is -0.376 e. The molecule has 0 spiro atoms. The first-order valence-corrected chi connectivity index (χ1v) is 4.12. The molecule has 0 heterocycles. The van der Waals surface area contributed by atoms with Gasteiger partial charge in [0.2, 0.25) is 0 Å². The number of nitrogens with one attached hydrogen (secondary N) is 1. The molecule has 2 atom stereocenters. The first kappa shape index (κ1) is 9.08. The van der Waals surface area contributed by atoms with Crippen molar-refractivity contribution in [2.45, 2.75) is 32.4 Å². The molecule has 1 aliphatic rings. The van der Waals surface area contributed by atoms with Crippen LogP contribution in [0.4, 0.5) is 0 Å². The van der Waals surface area contributed by atoms with Crippen molar-refractivity contribution in [3.63, 3.8) is 0 Å². The number of amides is 1. The number of carbonyl (C=O) groups is 1. The molecule has 0 saturated heterocycles. The molecule has 1 amide bonds. The van der Waals surface area contributed by atoms with E-state index in [4.69, 9.17) is 4.74 Å². The molecule has 1 aliphatic carbocycles. The zero-order valence-electron chi connectivity index (χ0n) is 7.39. The zero-order valence-corrected chi connectivity index (χ0v) is 7.39. The maximum absolute atomic E-state index is 10.9. The molecule has 1 rings (SSSR count). The highest BCUT2D eigenvalue weighted by Crippen LogP contribution is 2.24. The van der Waals surface area contributed by atoms with E-state index in [1.54, 1.807) is 6.92 Å². The molecule has 0 bridgehead atoms. The summed E-state index contributed by atoms with van der Waals surface area (Å²) in [6, 6.07) is 0.193. The van der Waals surface area contributed by atoms with Crippen LogP contribution < -0.4 is 5.32 Å². The topological polar surface area (TPSA) is 38.3 Å². The van der Waals surface area contributed by atoms with E-state index in [0.29, 0.717) is 6.61 Å². The Morgan fingerprint density at radius 2 is 2.50 bits per heavy atom. The van der Waals surface area contributed by atoms with Crippen LogP contribution in [-0.2, 0) is 9.53 Å². The van der Waals surface area contributed by atoms with Gasteiger partial charge in [-0.25, -0.2) is 0 Å². The van der Waals surface area contributed by atoms with E-state index in [-0.39, 0.29) is 18.1 Å². The number of hydrogen-bond donors (Lipinski definition) is 1. The lowest BCUT2D eigenvalue weighted by molar-refractivity contribution is -0.116. The van der Waals surface area contributed by atoms with E-state index in [0.717, 1.165) is 6.42 Å². The van der Waals surface area contributed by atoms with Crippen molar-refractivity contribution in [2.24, 2.45) is 0 Å². The Kier molecular flexibility index (Phi) is 3.12. The number of carbonyl (C=O) groups excluding carboxylic acids is 1. The second-order valence-electron chi connectivity index (χ2n) is 2.68. The Bertz CT molecular complexity index is 226. The smallest absolute Gasteiger partial charge is 0.296 e. The fourth-order valence-corrected chi connectivity index (χ4v) is 1.04. The first-order chi connectivity index (χ1) is 5.77. The highest BCUT2D eigenvalue weighted by molar-refractivity contribution is 5.93. The second kappa shape index (κ2) is 4.13. The molecule has 0 aromatic heterocycles. The van der Waals surface area contributed by atoms with Gasteiger partial charge in [0.25, 0.3) is 5.91 Å². The molecule has 2 unspecified atom stereocenters. The molecule has 12 heavy (non-hydrogen) atoms. The van der Waals surface area contributed by atoms with Crippen molar-refractivity contribution in [2.75, 3.05) is 6.61 Å². The molecule has 1 saturated carbocycles. The third kappa shape index (κ3) is 2.55. The van der Waals surface area contributed by atoms with Crippen LogP contribution in [-0.4, -0.2) is 24.7 Å². The summed E-state index contributed by atoms with van der Waals surface area (Å²) in [4.78, 5) is 10.9. The van der Waals surface area contributed by atoms with Gasteiger partial charge in [0, 0.05) is 6.61 Å². The van der Waals surface area contributed by atoms with Crippen LogP contribution >= 0.6 is 0 Å². The van der Waals surface area contributed by atoms with Crippen molar-refractivity contribution in [3.05, 3.63) is 0 Å². The maximum atomic E-state index is 10.9. The minimum atomic E-state index is -0.204. The Balaban J connectivity index is 2.17. The maximum Gasteiger partial charge on any atom is 0.296 e. The van der Waals surface area contributed by atoms with Gasteiger partial charge in [0.1, 0.15) is 0 Å². The van der Waals surface area contributed by atoms with Gasteiger partial charge < -0.3 is 10.1 Å². The molecule has 3 nitrogen and oxygen atoms in total. The number of rotatable bonds is 3. The summed E-state index contributed by atoms with van der Waals surface area (Å²) < 4.78 is 5.28. The monoisotopic (exact) mass is 167 g/mol. The van der Waals surface area contributed by atoms with Crippen LogP contribution in [0.2, 0.25) is 0 Å². The Hall–Kier alpha value is -1.01. The van der Waals surface area contributed by atoms with Crippen molar-refractivity contribution in [3.8, 4) is 11.8 Å². The fourth-order valence-electron chi connectivity index (χ4n) is 1.04. The number of hydrogen-bond acceptors (Lipinski definition) is 2. The van der Waals surface area contributed by atoms with Gasteiger partial charge in [-0.15, -0.1) is 0 Å². The van der Waals surface area contributed by atoms with Crippen molar-refractivity contribution >= 4 is 5.91 Å². The van der Waals surface area contributed by atoms with E-state index in [1.807, 2.05) is 6.92 Å². The van der Waals surface area contributed by atoms with Gasteiger partial charge in [-0.1, -0.05) is 5.92 Å². The van der Waals surface area contributed by atoms with Crippen LogP contribution in [0.3, 0.4) is 0 Å². The Morgan fingerprint density at radius 3 is 3.08 bits per heavy atom. The van der Waals surface area contributed by atoms with Crippen LogP contribution in [0, 0.1) is 11.8 Å². The molecule has 0 aromatic rings. The normalized spacial score (nSPS) is 25.5. The van der Waals surface area contributed by atoms with Crippen LogP contribution in [0.25, 0.3) is 0 Å². The highest BCUT2D eigenvalue weighted by Gasteiger charge is 2.38. The zero-order chi connectivity index (χ0) is 8.97. The summed E-state index contributed by atoms with van der Waals surface area (Å²) in [7, 11) is 0.